The molecule has 1 fully saturated rings. The average Bonchev–Trinajstić information content (AvgIpc) is 3.31. The second kappa shape index (κ2) is 5.57. The molecule has 2 heterocycles. The van der Waals surface area contributed by atoms with Crippen LogP contribution in [0.2, 0.25) is 5.02 Å². The SMILES string of the molecule is Cc1ccc(-c2ccc(Cl)cc2)cc1C1=C(O)[C@@H]2[C@H](C1=O)[C@H]1C=C[C@@H]2O1. The fourth-order valence-corrected chi connectivity index (χ4v) is 4.52. The number of aliphatic hydroxyl groups excluding tert-OH is 1. The van der Waals surface area contributed by atoms with Crippen LogP contribution in [-0.4, -0.2) is 23.1 Å². The zero-order valence-electron chi connectivity index (χ0n) is 14.1. The summed E-state index contributed by atoms with van der Waals surface area (Å²) in [6.07, 6.45) is 3.50. The number of Topliss-reactive ketones (excluding diaryl/α,β-unsaturated/α-hetero) is 1. The molecule has 2 aliphatic heterocycles. The number of hydrogen-bond donors (Lipinski definition) is 1. The number of allylic oxidation sites excluding steroid dienone is 1. The fraction of sp³-hybridized carbons (Fsp3) is 0.227. The molecule has 4 atom stereocenters. The van der Waals surface area contributed by atoms with Crippen LogP contribution >= 0.6 is 11.6 Å². The molecule has 1 aliphatic carbocycles. The van der Waals surface area contributed by atoms with E-state index in [-0.39, 0.29) is 35.6 Å². The second-order valence-corrected chi connectivity index (χ2v) is 7.60. The number of benzene rings is 2. The Morgan fingerprint density at radius 2 is 1.62 bits per heavy atom. The molecule has 2 aromatic rings. The van der Waals surface area contributed by atoms with E-state index in [0.717, 1.165) is 22.3 Å². The number of halogens is 1. The van der Waals surface area contributed by atoms with E-state index >= 15 is 0 Å². The van der Waals surface area contributed by atoms with Gasteiger partial charge in [-0.05, 0) is 47.4 Å². The maximum Gasteiger partial charge on any atom is 0.173 e. The summed E-state index contributed by atoms with van der Waals surface area (Å²) in [4.78, 5) is 13.1. The van der Waals surface area contributed by atoms with Crippen molar-refractivity contribution in [3.05, 3.63) is 76.5 Å². The minimum atomic E-state index is -0.293. The van der Waals surface area contributed by atoms with Crippen molar-refractivity contribution in [1.29, 1.82) is 0 Å². The van der Waals surface area contributed by atoms with Crippen molar-refractivity contribution < 1.29 is 14.6 Å². The highest BCUT2D eigenvalue weighted by Gasteiger charge is 2.57. The average molecular weight is 365 g/mol. The Hall–Kier alpha value is -2.36. The van der Waals surface area contributed by atoms with Gasteiger partial charge in [0.15, 0.2) is 5.78 Å². The van der Waals surface area contributed by atoms with Gasteiger partial charge in [-0.25, -0.2) is 0 Å². The molecule has 0 radical (unpaired) electrons. The van der Waals surface area contributed by atoms with Gasteiger partial charge in [-0.2, -0.15) is 0 Å². The van der Waals surface area contributed by atoms with Gasteiger partial charge in [-0.1, -0.05) is 48.0 Å². The standard InChI is InChI=1S/C22H17ClO3/c1-11-2-3-13(12-4-6-14(23)7-5-12)10-15(11)18-21(24)19-16-8-9-17(26-16)20(19)22(18)25/h2-10,16-17,19-20,24H,1H3/t16-,17+,19-,20+/m0/s1. The normalized spacial score (nSPS) is 28.9. The summed E-state index contributed by atoms with van der Waals surface area (Å²) in [5.41, 5.74) is 4.24. The Morgan fingerprint density at radius 3 is 2.31 bits per heavy atom. The largest absolute Gasteiger partial charge is 0.511 e. The highest BCUT2D eigenvalue weighted by atomic mass is 35.5. The molecule has 0 saturated carbocycles. The quantitative estimate of drug-likeness (QED) is 0.783. The van der Waals surface area contributed by atoms with Gasteiger partial charge in [0, 0.05) is 5.02 Å². The van der Waals surface area contributed by atoms with Gasteiger partial charge >= 0.3 is 0 Å². The number of fused-ring (bicyclic) bond motifs is 5. The van der Waals surface area contributed by atoms with E-state index in [1.807, 2.05) is 61.5 Å². The summed E-state index contributed by atoms with van der Waals surface area (Å²) < 4.78 is 5.76. The Kier molecular flexibility index (Phi) is 3.40. The molecule has 2 bridgehead atoms. The second-order valence-electron chi connectivity index (χ2n) is 7.16. The number of ketones is 1. The van der Waals surface area contributed by atoms with Crippen LogP contribution in [0.3, 0.4) is 0 Å². The van der Waals surface area contributed by atoms with E-state index in [2.05, 4.69) is 0 Å². The number of hydrogen-bond acceptors (Lipinski definition) is 3. The Bertz CT molecular complexity index is 987. The van der Waals surface area contributed by atoms with E-state index in [1.54, 1.807) is 0 Å². The van der Waals surface area contributed by atoms with Gasteiger partial charge in [-0.3, -0.25) is 4.79 Å². The molecular formula is C22H17ClO3. The van der Waals surface area contributed by atoms with Crippen molar-refractivity contribution in [2.75, 3.05) is 0 Å². The minimum Gasteiger partial charge on any atom is -0.511 e. The lowest BCUT2D eigenvalue weighted by atomic mass is 9.84. The number of aryl methyl sites for hydroxylation is 1. The molecule has 2 aromatic carbocycles. The third kappa shape index (κ3) is 2.14. The molecule has 0 spiro atoms. The molecule has 3 nitrogen and oxygen atoms in total. The van der Waals surface area contributed by atoms with E-state index in [4.69, 9.17) is 16.3 Å². The summed E-state index contributed by atoms with van der Waals surface area (Å²) >= 11 is 5.98. The van der Waals surface area contributed by atoms with Crippen LogP contribution in [0.25, 0.3) is 16.7 Å². The third-order valence-electron chi connectivity index (χ3n) is 5.71. The fourth-order valence-electron chi connectivity index (χ4n) is 4.39. The van der Waals surface area contributed by atoms with Gasteiger partial charge < -0.3 is 9.84 Å². The minimum absolute atomic E-state index is 0.0132. The Morgan fingerprint density at radius 1 is 0.962 bits per heavy atom. The summed E-state index contributed by atoms with van der Waals surface area (Å²) in [5, 5.41) is 11.5. The summed E-state index contributed by atoms with van der Waals surface area (Å²) in [7, 11) is 0. The first-order valence-corrected chi connectivity index (χ1v) is 9.10. The molecule has 1 saturated heterocycles. The Labute approximate surface area is 156 Å². The van der Waals surface area contributed by atoms with Gasteiger partial charge in [-0.15, -0.1) is 0 Å². The third-order valence-corrected chi connectivity index (χ3v) is 5.96. The molecule has 4 heteroatoms. The molecule has 1 N–H and O–H groups in total. The predicted octanol–water partition coefficient (Wildman–Crippen LogP) is 4.74. The van der Waals surface area contributed by atoms with Crippen molar-refractivity contribution in [3.63, 3.8) is 0 Å². The lowest BCUT2D eigenvalue weighted by molar-refractivity contribution is -0.118. The number of rotatable bonds is 2. The summed E-state index contributed by atoms with van der Waals surface area (Å²) in [5.74, 6) is -0.376. The van der Waals surface area contributed by atoms with Gasteiger partial charge in [0.05, 0.1) is 29.6 Å². The highest BCUT2D eigenvalue weighted by Crippen LogP contribution is 2.51. The van der Waals surface area contributed by atoms with Crippen molar-refractivity contribution in [3.8, 4) is 11.1 Å². The van der Waals surface area contributed by atoms with Crippen LogP contribution in [-0.2, 0) is 9.53 Å². The van der Waals surface area contributed by atoms with Gasteiger partial charge in [0.25, 0.3) is 0 Å². The summed E-state index contributed by atoms with van der Waals surface area (Å²) in [6.45, 7) is 1.96. The van der Waals surface area contributed by atoms with Crippen molar-refractivity contribution in [1.82, 2.24) is 0 Å². The van der Waals surface area contributed by atoms with Crippen molar-refractivity contribution in [2.24, 2.45) is 11.8 Å². The zero-order valence-corrected chi connectivity index (χ0v) is 14.9. The number of carbonyl (C=O) groups excluding carboxylic acids is 1. The number of aliphatic hydroxyl groups is 1. The van der Waals surface area contributed by atoms with Gasteiger partial charge in [0.2, 0.25) is 0 Å². The predicted molar refractivity (Wildman–Crippen MR) is 101 cm³/mol. The van der Waals surface area contributed by atoms with Crippen LogP contribution in [0.1, 0.15) is 11.1 Å². The van der Waals surface area contributed by atoms with Crippen molar-refractivity contribution >= 4 is 23.0 Å². The molecule has 0 amide bonds. The molecule has 0 aromatic heterocycles. The number of ether oxygens (including phenoxy) is 1. The molecule has 3 aliphatic rings. The van der Waals surface area contributed by atoms with Crippen LogP contribution in [0, 0.1) is 18.8 Å². The van der Waals surface area contributed by atoms with E-state index < -0.39 is 0 Å². The van der Waals surface area contributed by atoms with Crippen molar-refractivity contribution in [2.45, 2.75) is 19.1 Å². The maximum atomic E-state index is 13.1. The Balaban J connectivity index is 1.61. The molecule has 130 valence electrons. The van der Waals surface area contributed by atoms with E-state index in [0.29, 0.717) is 10.6 Å². The molecule has 0 unspecified atom stereocenters. The topological polar surface area (TPSA) is 46.5 Å². The molecule has 5 rings (SSSR count). The first kappa shape index (κ1) is 15.9. The first-order valence-electron chi connectivity index (χ1n) is 8.72. The molecule has 26 heavy (non-hydrogen) atoms. The monoisotopic (exact) mass is 364 g/mol. The first-order chi connectivity index (χ1) is 12.5. The van der Waals surface area contributed by atoms with E-state index in [9.17, 15) is 9.90 Å². The lowest BCUT2D eigenvalue weighted by Crippen LogP contribution is -2.26. The van der Waals surface area contributed by atoms with Gasteiger partial charge in [0.1, 0.15) is 5.76 Å². The molecular weight excluding hydrogens is 348 g/mol. The smallest absolute Gasteiger partial charge is 0.173 e. The maximum absolute atomic E-state index is 13.1. The van der Waals surface area contributed by atoms with Crippen LogP contribution in [0.4, 0.5) is 0 Å². The lowest BCUT2D eigenvalue weighted by Gasteiger charge is -2.15. The van der Waals surface area contributed by atoms with Crippen LogP contribution in [0.5, 0.6) is 0 Å². The highest BCUT2D eigenvalue weighted by molar-refractivity contribution is 6.30. The summed E-state index contributed by atoms with van der Waals surface area (Å²) in [6, 6.07) is 13.6. The van der Waals surface area contributed by atoms with Crippen LogP contribution in [0.15, 0.2) is 60.4 Å². The zero-order chi connectivity index (χ0) is 18.0. The van der Waals surface area contributed by atoms with E-state index in [1.165, 1.54) is 0 Å². The van der Waals surface area contributed by atoms with Crippen LogP contribution < -0.4 is 0 Å². The number of carbonyl (C=O) groups is 1.